The number of amides is 2. The molecule has 216 valence electrons. The van der Waals surface area contributed by atoms with E-state index in [1.807, 2.05) is 36.6 Å². The predicted molar refractivity (Wildman–Crippen MR) is 162 cm³/mol. The van der Waals surface area contributed by atoms with Gasteiger partial charge in [0.2, 0.25) is 0 Å². The number of esters is 1. The van der Waals surface area contributed by atoms with Crippen molar-refractivity contribution in [2.24, 2.45) is 5.73 Å². The summed E-state index contributed by atoms with van der Waals surface area (Å²) in [6.45, 7) is 3.62. The maximum atomic E-state index is 13.8. The van der Waals surface area contributed by atoms with Gasteiger partial charge in [-0.1, -0.05) is 31.2 Å². The Morgan fingerprint density at radius 3 is 2.50 bits per heavy atom. The molecule has 0 atom stereocenters. The van der Waals surface area contributed by atoms with Crippen molar-refractivity contribution in [2.45, 2.75) is 32.9 Å². The zero-order valence-corrected chi connectivity index (χ0v) is 24.3. The van der Waals surface area contributed by atoms with E-state index in [1.165, 1.54) is 13.2 Å². The molecule has 0 saturated heterocycles. The molecule has 0 unspecified atom stereocenters. The number of carbonyl (C=O) groups excluding carboxylic acids is 3. The topological polar surface area (TPSA) is 133 Å². The largest absolute Gasteiger partial charge is 0.493 e. The average Bonchev–Trinajstić information content (AvgIpc) is 3.43. The number of thiophene rings is 1. The number of benzene rings is 2. The molecular weight excluding hydrogens is 552 g/mol. The molecule has 9 nitrogen and oxygen atoms in total. The summed E-state index contributed by atoms with van der Waals surface area (Å²) in [6.07, 6.45) is 1.49. The summed E-state index contributed by atoms with van der Waals surface area (Å²) < 4.78 is 11.2. The zero-order valence-electron chi connectivity index (χ0n) is 23.5. The lowest BCUT2D eigenvalue weighted by Gasteiger charge is -2.17. The number of fused-ring (bicyclic) bond motifs is 3. The number of ether oxygens (including phenoxy) is 2. The Labute approximate surface area is 248 Å². The quantitative estimate of drug-likeness (QED) is 0.242. The number of pyridine rings is 1. The number of methoxy groups -OCH3 is 1. The van der Waals surface area contributed by atoms with Gasteiger partial charge in [0.25, 0.3) is 11.8 Å². The van der Waals surface area contributed by atoms with Crippen molar-refractivity contribution >= 4 is 29.1 Å². The number of carbonyl (C=O) groups is 3. The van der Waals surface area contributed by atoms with Crippen LogP contribution in [0.4, 0.5) is 0 Å². The van der Waals surface area contributed by atoms with E-state index in [-0.39, 0.29) is 17.3 Å². The van der Waals surface area contributed by atoms with Crippen LogP contribution in [0, 0.1) is 0 Å². The van der Waals surface area contributed by atoms with E-state index in [4.69, 9.17) is 15.2 Å². The lowest BCUT2D eigenvalue weighted by atomic mass is 9.93. The molecule has 0 radical (unpaired) electrons. The fourth-order valence-electron chi connectivity index (χ4n) is 4.78. The van der Waals surface area contributed by atoms with Gasteiger partial charge in [0.05, 0.1) is 13.7 Å². The average molecular weight is 585 g/mol. The summed E-state index contributed by atoms with van der Waals surface area (Å²) in [7, 11) is 1.25. The second-order valence-electron chi connectivity index (χ2n) is 9.81. The van der Waals surface area contributed by atoms with Gasteiger partial charge in [-0.2, -0.15) is 0 Å². The smallest absolute Gasteiger partial charge is 0.357 e. The van der Waals surface area contributed by atoms with Crippen LogP contribution in [0.3, 0.4) is 0 Å². The minimum Gasteiger partial charge on any atom is -0.493 e. The van der Waals surface area contributed by atoms with Crippen molar-refractivity contribution in [1.29, 1.82) is 0 Å². The van der Waals surface area contributed by atoms with Gasteiger partial charge in [-0.25, -0.2) is 9.78 Å². The second kappa shape index (κ2) is 13.0. The first-order chi connectivity index (χ1) is 20.4. The molecule has 1 aliphatic heterocycles. The molecule has 10 heteroatoms. The van der Waals surface area contributed by atoms with Crippen LogP contribution in [0.25, 0.3) is 21.6 Å². The summed E-state index contributed by atoms with van der Waals surface area (Å²) in [5.74, 6) is -0.861. The number of rotatable bonds is 9. The van der Waals surface area contributed by atoms with E-state index in [0.717, 1.165) is 40.0 Å². The van der Waals surface area contributed by atoms with Crippen LogP contribution in [0.5, 0.6) is 5.75 Å². The predicted octanol–water partition coefficient (Wildman–Crippen LogP) is 4.73. The summed E-state index contributed by atoms with van der Waals surface area (Å²) >= 11 is 1.59. The molecule has 0 spiro atoms. The molecule has 4 N–H and O–H groups in total. The maximum absolute atomic E-state index is 13.8. The van der Waals surface area contributed by atoms with Gasteiger partial charge < -0.3 is 25.8 Å². The van der Waals surface area contributed by atoms with Crippen LogP contribution in [-0.4, -0.2) is 43.0 Å². The highest BCUT2D eigenvalue weighted by molar-refractivity contribution is 7.13. The molecule has 2 aromatic carbocycles. The van der Waals surface area contributed by atoms with E-state index in [2.05, 4.69) is 21.7 Å². The molecule has 2 aromatic heterocycles. The van der Waals surface area contributed by atoms with E-state index >= 15 is 0 Å². The molecule has 0 bridgehead atoms. The highest BCUT2D eigenvalue weighted by atomic mass is 32.1. The van der Waals surface area contributed by atoms with Gasteiger partial charge in [0.15, 0.2) is 5.69 Å². The van der Waals surface area contributed by atoms with Gasteiger partial charge >= 0.3 is 5.97 Å². The van der Waals surface area contributed by atoms with E-state index in [1.54, 1.807) is 29.5 Å². The number of nitrogens with one attached hydrogen (secondary N) is 2. The Morgan fingerprint density at radius 2 is 1.76 bits per heavy atom. The van der Waals surface area contributed by atoms with Gasteiger partial charge in [-0.15, -0.1) is 11.3 Å². The Bertz CT molecular complexity index is 1630. The summed E-state index contributed by atoms with van der Waals surface area (Å²) in [6, 6.07) is 16.5. The van der Waals surface area contributed by atoms with Crippen LogP contribution in [0.15, 0.2) is 60.0 Å². The van der Waals surface area contributed by atoms with Crippen LogP contribution in [-0.2, 0) is 24.2 Å². The van der Waals surface area contributed by atoms with Crippen LogP contribution in [0.1, 0.15) is 61.4 Å². The first-order valence-electron chi connectivity index (χ1n) is 13.7. The van der Waals surface area contributed by atoms with Gasteiger partial charge in [0.1, 0.15) is 11.4 Å². The van der Waals surface area contributed by atoms with E-state index < -0.39 is 11.9 Å². The first kappa shape index (κ1) is 29.0. The fraction of sp³-hybridized carbons (Fsp3) is 0.250. The van der Waals surface area contributed by atoms with Gasteiger partial charge in [-0.3, -0.25) is 9.59 Å². The molecule has 1 aliphatic rings. The zero-order chi connectivity index (χ0) is 29.6. The monoisotopic (exact) mass is 584 g/mol. The molecule has 0 aliphatic carbocycles. The van der Waals surface area contributed by atoms with Crippen molar-refractivity contribution in [3.63, 3.8) is 0 Å². The number of aromatic nitrogens is 1. The lowest BCUT2D eigenvalue weighted by molar-refractivity contribution is 0.0594. The van der Waals surface area contributed by atoms with Crippen LogP contribution in [0.2, 0.25) is 0 Å². The lowest BCUT2D eigenvalue weighted by Crippen LogP contribution is -2.26. The molecule has 3 heterocycles. The molecule has 5 rings (SSSR count). The second-order valence-corrected chi connectivity index (χ2v) is 10.7. The third-order valence-electron chi connectivity index (χ3n) is 7.03. The van der Waals surface area contributed by atoms with Crippen molar-refractivity contribution < 1.29 is 23.9 Å². The third-order valence-corrected chi connectivity index (χ3v) is 8.02. The molecule has 2 amide bonds. The van der Waals surface area contributed by atoms with Crippen LogP contribution < -0.4 is 21.1 Å². The van der Waals surface area contributed by atoms with Crippen molar-refractivity contribution in [3.8, 4) is 27.3 Å². The summed E-state index contributed by atoms with van der Waals surface area (Å²) in [4.78, 5) is 44.9. The third kappa shape index (κ3) is 6.05. The molecule has 4 aromatic rings. The van der Waals surface area contributed by atoms with Gasteiger partial charge in [0, 0.05) is 53.2 Å². The SMILES string of the molecule is CCCNC(=O)c1ccc(-c2cc3c(cc2C(=O)NCc2ccc(CN)cc2)-c2sccc2CCO3)c(C(=O)OC)n1. The standard InChI is InChI=1S/C32H32N4O5S/c1-3-12-34-31(38)26-9-8-22(28(36-26)32(39)40-2)23-16-27-25(29-21(10-13-41-27)11-14-42-29)15-24(23)30(37)35-18-20-6-4-19(17-33)5-7-20/h4-9,11,14-16H,3,10,12-13,17-18,33H2,1-2H3,(H,34,38)(H,35,37). The van der Waals surface area contributed by atoms with Crippen molar-refractivity contribution in [1.82, 2.24) is 15.6 Å². The van der Waals surface area contributed by atoms with Crippen LogP contribution >= 0.6 is 11.3 Å². The Morgan fingerprint density at radius 1 is 0.976 bits per heavy atom. The summed E-state index contributed by atoms with van der Waals surface area (Å²) in [5, 5.41) is 7.81. The van der Waals surface area contributed by atoms with Crippen molar-refractivity contribution in [3.05, 3.63) is 93.6 Å². The molecular formula is C32H32N4O5S. The highest BCUT2D eigenvalue weighted by Gasteiger charge is 2.27. The maximum Gasteiger partial charge on any atom is 0.357 e. The number of hydrogen-bond donors (Lipinski definition) is 3. The first-order valence-corrected chi connectivity index (χ1v) is 14.6. The van der Waals surface area contributed by atoms with E-state index in [9.17, 15) is 14.4 Å². The van der Waals surface area contributed by atoms with Gasteiger partial charge in [-0.05, 0) is 58.8 Å². The number of nitrogens with two attached hydrogens (primary N) is 1. The Kier molecular flexibility index (Phi) is 8.94. The molecule has 0 saturated carbocycles. The number of hydrogen-bond acceptors (Lipinski definition) is 8. The van der Waals surface area contributed by atoms with Crippen molar-refractivity contribution in [2.75, 3.05) is 20.3 Å². The fourth-order valence-corrected chi connectivity index (χ4v) is 5.76. The highest BCUT2D eigenvalue weighted by Crippen LogP contribution is 2.43. The summed E-state index contributed by atoms with van der Waals surface area (Å²) in [5.41, 5.74) is 10.7. The normalized spacial score (nSPS) is 11.9. The number of nitrogens with zero attached hydrogens (tertiary/aromatic N) is 1. The molecule has 0 fully saturated rings. The van der Waals surface area contributed by atoms with E-state index in [0.29, 0.717) is 48.7 Å². The Balaban J connectivity index is 1.61. The Hall–Kier alpha value is -4.54. The minimum atomic E-state index is -0.724. The minimum absolute atomic E-state index is 0.0709. The molecule has 42 heavy (non-hydrogen) atoms.